The highest BCUT2D eigenvalue weighted by atomic mass is 16.5. The zero-order valence-corrected chi connectivity index (χ0v) is 11.7. The van der Waals surface area contributed by atoms with Crippen molar-refractivity contribution in [1.29, 1.82) is 0 Å². The number of hydrogen-bond donors (Lipinski definition) is 0. The molecule has 1 aromatic carbocycles. The summed E-state index contributed by atoms with van der Waals surface area (Å²) in [5.74, 6) is 0.738. The normalized spacial score (nSPS) is 25.9. The molecular weight excluding hydrogens is 256 g/mol. The van der Waals surface area contributed by atoms with Gasteiger partial charge in [-0.1, -0.05) is 6.07 Å². The number of rotatable bonds is 2. The molecule has 2 aliphatic rings. The smallest absolute Gasteiger partial charge is 0.250 e. The van der Waals surface area contributed by atoms with Crippen LogP contribution in [0.5, 0.6) is 5.75 Å². The molecule has 0 N–H and O–H groups in total. The van der Waals surface area contributed by atoms with Crippen molar-refractivity contribution in [3.05, 3.63) is 24.3 Å². The van der Waals surface area contributed by atoms with Crippen LogP contribution >= 0.6 is 0 Å². The van der Waals surface area contributed by atoms with Crippen molar-refractivity contribution >= 4 is 17.5 Å². The van der Waals surface area contributed by atoms with E-state index in [0.29, 0.717) is 12.3 Å². The number of fused-ring (bicyclic) bond motifs is 1. The Balaban J connectivity index is 1.98. The van der Waals surface area contributed by atoms with Crippen LogP contribution in [0.1, 0.15) is 19.8 Å². The van der Waals surface area contributed by atoms with Gasteiger partial charge in [-0.05, 0) is 31.9 Å². The van der Waals surface area contributed by atoms with Crippen molar-refractivity contribution in [1.82, 2.24) is 4.90 Å². The quantitative estimate of drug-likeness (QED) is 0.819. The van der Waals surface area contributed by atoms with E-state index < -0.39 is 6.04 Å². The van der Waals surface area contributed by atoms with E-state index in [1.165, 1.54) is 0 Å². The van der Waals surface area contributed by atoms with Gasteiger partial charge in [0.05, 0.1) is 7.11 Å². The van der Waals surface area contributed by atoms with Crippen LogP contribution in [-0.2, 0) is 9.59 Å². The van der Waals surface area contributed by atoms with Gasteiger partial charge >= 0.3 is 0 Å². The Morgan fingerprint density at radius 2 is 2.05 bits per heavy atom. The van der Waals surface area contributed by atoms with Crippen LogP contribution in [0.3, 0.4) is 0 Å². The molecule has 5 heteroatoms. The molecule has 0 aliphatic carbocycles. The molecule has 3 rings (SSSR count). The number of anilines is 1. The van der Waals surface area contributed by atoms with E-state index in [1.807, 2.05) is 18.2 Å². The standard InChI is InChI=1S/C15H18N2O3/c1-10-14(18)16-8-4-7-13(16)15(19)17(10)11-5-3-6-12(9-11)20-2/h3,5-6,9-10,13H,4,7-8H2,1-2H3. The number of ether oxygens (including phenoxy) is 1. The number of benzene rings is 1. The van der Waals surface area contributed by atoms with Gasteiger partial charge in [-0.15, -0.1) is 0 Å². The van der Waals surface area contributed by atoms with Gasteiger partial charge in [-0.3, -0.25) is 14.5 Å². The molecule has 0 aromatic heterocycles. The zero-order chi connectivity index (χ0) is 14.3. The second kappa shape index (κ2) is 4.81. The summed E-state index contributed by atoms with van der Waals surface area (Å²) in [6, 6.07) is 6.56. The topological polar surface area (TPSA) is 49.9 Å². The van der Waals surface area contributed by atoms with Crippen LogP contribution in [0.25, 0.3) is 0 Å². The van der Waals surface area contributed by atoms with Crippen LogP contribution < -0.4 is 9.64 Å². The van der Waals surface area contributed by atoms with E-state index in [9.17, 15) is 9.59 Å². The summed E-state index contributed by atoms with van der Waals surface area (Å²) >= 11 is 0. The number of methoxy groups -OCH3 is 1. The van der Waals surface area contributed by atoms with E-state index >= 15 is 0 Å². The minimum atomic E-state index is -0.455. The Labute approximate surface area is 118 Å². The highest BCUT2D eigenvalue weighted by Gasteiger charge is 2.46. The molecule has 2 fully saturated rings. The average Bonchev–Trinajstić information content (AvgIpc) is 2.95. The minimum absolute atomic E-state index is 0.0165. The van der Waals surface area contributed by atoms with Crippen molar-refractivity contribution in [2.75, 3.05) is 18.6 Å². The lowest BCUT2D eigenvalue weighted by molar-refractivity contribution is -0.143. The van der Waals surface area contributed by atoms with Crippen LogP contribution in [0.4, 0.5) is 5.69 Å². The Morgan fingerprint density at radius 1 is 1.25 bits per heavy atom. The molecule has 2 aliphatic heterocycles. The Hall–Kier alpha value is -2.04. The summed E-state index contributed by atoms with van der Waals surface area (Å²) in [6.45, 7) is 2.49. The van der Waals surface area contributed by atoms with Gasteiger partial charge in [0.2, 0.25) is 5.91 Å². The fourth-order valence-electron chi connectivity index (χ4n) is 3.10. The molecule has 106 valence electrons. The van der Waals surface area contributed by atoms with Crippen molar-refractivity contribution in [3.8, 4) is 5.75 Å². The van der Waals surface area contributed by atoms with Crippen LogP contribution in [0.2, 0.25) is 0 Å². The van der Waals surface area contributed by atoms with Gasteiger partial charge in [-0.25, -0.2) is 0 Å². The Kier molecular flexibility index (Phi) is 3.12. The maximum Gasteiger partial charge on any atom is 0.250 e. The molecule has 0 bridgehead atoms. The van der Waals surface area contributed by atoms with Crippen molar-refractivity contribution in [2.45, 2.75) is 31.8 Å². The van der Waals surface area contributed by atoms with Gasteiger partial charge in [0.1, 0.15) is 17.8 Å². The Morgan fingerprint density at radius 3 is 2.80 bits per heavy atom. The fourth-order valence-corrected chi connectivity index (χ4v) is 3.10. The third kappa shape index (κ3) is 1.85. The first-order valence-electron chi connectivity index (χ1n) is 6.91. The summed E-state index contributed by atoms with van der Waals surface area (Å²) in [7, 11) is 1.59. The van der Waals surface area contributed by atoms with Crippen molar-refractivity contribution in [2.24, 2.45) is 0 Å². The van der Waals surface area contributed by atoms with Gasteiger partial charge < -0.3 is 9.64 Å². The molecule has 2 heterocycles. The summed E-state index contributed by atoms with van der Waals surface area (Å²) in [5.41, 5.74) is 0.724. The van der Waals surface area contributed by atoms with Crippen LogP contribution in [-0.4, -0.2) is 42.5 Å². The molecular formula is C15H18N2O3. The summed E-state index contributed by atoms with van der Waals surface area (Å²) in [4.78, 5) is 28.4. The first kappa shape index (κ1) is 13.0. The second-order valence-corrected chi connectivity index (χ2v) is 5.28. The minimum Gasteiger partial charge on any atom is -0.497 e. The van der Waals surface area contributed by atoms with E-state index in [1.54, 1.807) is 29.9 Å². The largest absolute Gasteiger partial charge is 0.497 e. The number of piperazine rings is 1. The summed E-state index contributed by atoms with van der Waals surface area (Å²) < 4.78 is 5.20. The molecule has 2 unspecified atom stereocenters. The average molecular weight is 274 g/mol. The molecule has 20 heavy (non-hydrogen) atoms. The van der Waals surface area contributed by atoms with Crippen molar-refractivity contribution in [3.63, 3.8) is 0 Å². The maximum atomic E-state index is 12.7. The zero-order valence-electron chi connectivity index (χ0n) is 11.7. The van der Waals surface area contributed by atoms with E-state index in [-0.39, 0.29) is 17.9 Å². The Bertz CT molecular complexity index is 558. The maximum absolute atomic E-state index is 12.7. The highest BCUT2D eigenvalue weighted by Crippen LogP contribution is 2.31. The molecule has 0 saturated carbocycles. The predicted molar refractivity (Wildman–Crippen MR) is 74.7 cm³/mol. The van der Waals surface area contributed by atoms with E-state index in [2.05, 4.69) is 0 Å². The molecule has 0 radical (unpaired) electrons. The number of hydrogen-bond acceptors (Lipinski definition) is 3. The van der Waals surface area contributed by atoms with E-state index in [0.717, 1.165) is 18.5 Å². The number of nitrogens with zero attached hydrogens (tertiary/aromatic N) is 2. The number of carbonyl (C=O) groups excluding carboxylic acids is 2. The molecule has 2 amide bonds. The second-order valence-electron chi connectivity index (χ2n) is 5.28. The molecule has 5 nitrogen and oxygen atoms in total. The molecule has 0 spiro atoms. The summed E-state index contributed by atoms with van der Waals surface area (Å²) in [6.07, 6.45) is 1.67. The lowest BCUT2D eigenvalue weighted by Gasteiger charge is -2.40. The summed E-state index contributed by atoms with van der Waals surface area (Å²) in [5, 5.41) is 0. The highest BCUT2D eigenvalue weighted by molar-refractivity contribution is 6.08. The number of amides is 2. The fraction of sp³-hybridized carbons (Fsp3) is 0.467. The van der Waals surface area contributed by atoms with Crippen LogP contribution in [0.15, 0.2) is 24.3 Å². The first-order chi connectivity index (χ1) is 9.63. The molecule has 2 saturated heterocycles. The first-order valence-corrected chi connectivity index (χ1v) is 6.91. The molecule has 1 aromatic rings. The SMILES string of the molecule is COc1cccc(N2C(=O)C3CCCN3C(=O)C2C)c1. The van der Waals surface area contributed by atoms with Gasteiger partial charge in [0.15, 0.2) is 0 Å². The number of carbonyl (C=O) groups is 2. The van der Waals surface area contributed by atoms with Crippen LogP contribution in [0, 0.1) is 0 Å². The van der Waals surface area contributed by atoms with E-state index in [4.69, 9.17) is 4.74 Å². The monoisotopic (exact) mass is 274 g/mol. The van der Waals surface area contributed by atoms with Gasteiger partial charge in [0.25, 0.3) is 5.91 Å². The third-order valence-electron chi connectivity index (χ3n) is 4.13. The molecule has 2 atom stereocenters. The van der Waals surface area contributed by atoms with Crippen molar-refractivity contribution < 1.29 is 14.3 Å². The third-order valence-corrected chi connectivity index (χ3v) is 4.13. The lowest BCUT2D eigenvalue weighted by Crippen LogP contribution is -2.62. The van der Waals surface area contributed by atoms with Gasteiger partial charge in [-0.2, -0.15) is 0 Å². The lowest BCUT2D eigenvalue weighted by atomic mass is 10.0. The van der Waals surface area contributed by atoms with Gasteiger partial charge in [0, 0.05) is 18.3 Å². The predicted octanol–water partition coefficient (Wildman–Crippen LogP) is 1.42.